The quantitative estimate of drug-likeness (QED) is 0.740. The van der Waals surface area contributed by atoms with E-state index in [1.807, 2.05) is 26.8 Å². The van der Waals surface area contributed by atoms with Gasteiger partial charge in [0.2, 0.25) is 10.8 Å². The Hall–Kier alpha value is -2.03. The number of halogens is 1. The molecule has 1 saturated heterocycles. The zero-order valence-corrected chi connectivity index (χ0v) is 16.4. The summed E-state index contributed by atoms with van der Waals surface area (Å²) in [5.41, 5.74) is 0.798. The average Bonchev–Trinajstić information content (AvgIpc) is 3.14. The topological polar surface area (TPSA) is 62.9 Å². The predicted molar refractivity (Wildman–Crippen MR) is 102 cm³/mol. The first-order chi connectivity index (χ1) is 13.0. The summed E-state index contributed by atoms with van der Waals surface area (Å²) in [5, 5.41) is 15.2. The maximum absolute atomic E-state index is 14.0. The maximum Gasteiger partial charge on any atom is 0.230 e. The van der Waals surface area contributed by atoms with Gasteiger partial charge in [-0.2, -0.15) is 4.52 Å². The van der Waals surface area contributed by atoms with E-state index in [4.69, 9.17) is 4.74 Å². The molecule has 3 aromatic rings. The molecule has 1 aliphatic heterocycles. The summed E-state index contributed by atoms with van der Waals surface area (Å²) >= 11 is 1.40. The molecular weight excluding hydrogens is 367 g/mol. The summed E-state index contributed by atoms with van der Waals surface area (Å²) in [6.07, 6.45) is 0.816. The summed E-state index contributed by atoms with van der Waals surface area (Å²) in [4.78, 5) is 8.08. The lowest BCUT2D eigenvalue weighted by molar-refractivity contribution is -0.0764. The number of thiazole rings is 1. The highest BCUT2D eigenvalue weighted by Gasteiger charge is 2.34. The van der Waals surface area contributed by atoms with Crippen molar-refractivity contribution in [3.05, 3.63) is 46.3 Å². The van der Waals surface area contributed by atoms with Gasteiger partial charge in [-0.1, -0.05) is 30.4 Å². The monoisotopic (exact) mass is 390 g/mol. The molecule has 1 fully saturated rings. The smallest absolute Gasteiger partial charge is 0.230 e. The minimum Gasteiger partial charge on any atom is -0.492 e. The minimum atomic E-state index is -0.293. The molecule has 144 valence electrons. The van der Waals surface area contributed by atoms with Gasteiger partial charge in [-0.05, 0) is 31.5 Å². The van der Waals surface area contributed by atoms with Crippen molar-refractivity contribution in [2.24, 2.45) is 0 Å². The van der Waals surface area contributed by atoms with Gasteiger partial charge in [0.05, 0.1) is 23.1 Å². The average molecular weight is 390 g/mol. The van der Waals surface area contributed by atoms with E-state index in [1.54, 1.807) is 6.07 Å². The highest BCUT2D eigenvalue weighted by Crippen LogP contribution is 2.41. The van der Waals surface area contributed by atoms with Crippen LogP contribution in [-0.4, -0.2) is 49.9 Å². The second-order valence-electron chi connectivity index (χ2n) is 7.03. The van der Waals surface area contributed by atoms with Crippen molar-refractivity contribution in [3.8, 4) is 5.88 Å². The van der Waals surface area contributed by atoms with Crippen LogP contribution >= 0.6 is 11.3 Å². The molecule has 1 aliphatic rings. The molecular formula is C19H23FN4O2S. The highest BCUT2D eigenvalue weighted by molar-refractivity contribution is 7.17. The molecule has 2 aromatic heterocycles. The van der Waals surface area contributed by atoms with Crippen molar-refractivity contribution in [1.82, 2.24) is 19.5 Å². The van der Waals surface area contributed by atoms with E-state index in [0.29, 0.717) is 30.3 Å². The van der Waals surface area contributed by atoms with Gasteiger partial charge in [0.15, 0.2) is 5.82 Å². The molecule has 27 heavy (non-hydrogen) atoms. The first-order valence-corrected chi connectivity index (χ1v) is 10.00. The van der Waals surface area contributed by atoms with Crippen LogP contribution in [0.15, 0.2) is 24.3 Å². The molecule has 1 N–H and O–H groups in total. The van der Waals surface area contributed by atoms with E-state index in [2.05, 4.69) is 15.0 Å². The molecule has 0 unspecified atom stereocenters. The Morgan fingerprint density at radius 1 is 1.33 bits per heavy atom. The predicted octanol–water partition coefficient (Wildman–Crippen LogP) is 3.40. The summed E-state index contributed by atoms with van der Waals surface area (Å²) in [5.74, 6) is 0.473. The fourth-order valence-electron chi connectivity index (χ4n) is 3.75. The summed E-state index contributed by atoms with van der Waals surface area (Å²) in [6.45, 7) is 7.42. The van der Waals surface area contributed by atoms with Crippen LogP contribution in [0.2, 0.25) is 0 Å². The SMILES string of the molecule is CCc1nc2sc([C@@H](c3cccc(F)c3)N3C[C@@H](C)O[C@H](C)C3)c(O)n2n1. The van der Waals surface area contributed by atoms with Crippen LogP contribution in [0.3, 0.4) is 0 Å². The van der Waals surface area contributed by atoms with E-state index in [-0.39, 0.29) is 29.9 Å². The summed E-state index contributed by atoms with van der Waals surface area (Å²) < 4.78 is 21.3. The van der Waals surface area contributed by atoms with E-state index in [0.717, 1.165) is 10.4 Å². The number of benzene rings is 1. The first kappa shape index (κ1) is 18.3. The largest absolute Gasteiger partial charge is 0.492 e. The molecule has 0 amide bonds. The van der Waals surface area contributed by atoms with Crippen LogP contribution < -0.4 is 0 Å². The van der Waals surface area contributed by atoms with Crippen LogP contribution in [0.5, 0.6) is 5.88 Å². The minimum absolute atomic E-state index is 0.0563. The Kier molecular flexibility index (Phi) is 4.88. The number of ether oxygens (including phenoxy) is 1. The maximum atomic E-state index is 14.0. The molecule has 1 aromatic carbocycles. The van der Waals surface area contributed by atoms with E-state index in [1.165, 1.54) is 28.0 Å². The van der Waals surface area contributed by atoms with Crippen molar-refractivity contribution in [2.45, 2.75) is 45.4 Å². The van der Waals surface area contributed by atoms with Gasteiger partial charge in [0.1, 0.15) is 5.82 Å². The van der Waals surface area contributed by atoms with Crippen molar-refractivity contribution in [3.63, 3.8) is 0 Å². The third kappa shape index (κ3) is 3.44. The number of hydrogen-bond donors (Lipinski definition) is 1. The van der Waals surface area contributed by atoms with Gasteiger partial charge in [0, 0.05) is 19.5 Å². The number of aryl methyl sites for hydroxylation is 1. The Morgan fingerprint density at radius 2 is 2.07 bits per heavy atom. The molecule has 0 saturated carbocycles. The van der Waals surface area contributed by atoms with Gasteiger partial charge in [-0.3, -0.25) is 4.90 Å². The van der Waals surface area contributed by atoms with Crippen LogP contribution in [0, 0.1) is 5.82 Å². The second kappa shape index (κ2) is 7.18. The molecule has 3 heterocycles. The summed E-state index contributed by atoms with van der Waals surface area (Å²) in [6, 6.07) is 6.27. The number of hydrogen-bond acceptors (Lipinski definition) is 6. The molecule has 0 radical (unpaired) electrons. The van der Waals surface area contributed by atoms with E-state index in [9.17, 15) is 9.50 Å². The van der Waals surface area contributed by atoms with Crippen LogP contribution in [0.25, 0.3) is 4.96 Å². The second-order valence-corrected chi connectivity index (χ2v) is 8.04. The lowest BCUT2D eigenvalue weighted by atomic mass is 10.0. The van der Waals surface area contributed by atoms with Gasteiger partial charge in [-0.25, -0.2) is 9.37 Å². The van der Waals surface area contributed by atoms with Crippen LogP contribution in [0.4, 0.5) is 4.39 Å². The molecule has 0 bridgehead atoms. The third-order valence-electron chi connectivity index (χ3n) is 4.79. The molecule has 0 aliphatic carbocycles. The van der Waals surface area contributed by atoms with Crippen molar-refractivity contribution in [1.29, 1.82) is 0 Å². The zero-order chi connectivity index (χ0) is 19.1. The van der Waals surface area contributed by atoms with Gasteiger partial charge in [-0.15, -0.1) is 5.10 Å². The Bertz CT molecular complexity index is 946. The molecule has 8 heteroatoms. The van der Waals surface area contributed by atoms with Crippen LogP contribution in [-0.2, 0) is 11.2 Å². The molecule has 4 rings (SSSR count). The van der Waals surface area contributed by atoms with Crippen molar-refractivity contribution < 1.29 is 14.2 Å². The number of fused-ring (bicyclic) bond motifs is 1. The number of nitrogens with zero attached hydrogens (tertiary/aromatic N) is 4. The number of aromatic nitrogens is 3. The molecule has 3 atom stereocenters. The summed E-state index contributed by atoms with van der Waals surface area (Å²) in [7, 11) is 0. The number of aromatic hydroxyl groups is 1. The Balaban J connectivity index is 1.82. The third-order valence-corrected chi connectivity index (χ3v) is 5.86. The lowest BCUT2D eigenvalue weighted by Gasteiger charge is -2.40. The van der Waals surface area contributed by atoms with Gasteiger partial charge >= 0.3 is 0 Å². The van der Waals surface area contributed by atoms with E-state index < -0.39 is 0 Å². The number of morpholine rings is 1. The fraction of sp³-hybridized carbons (Fsp3) is 0.474. The normalized spacial score (nSPS) is 22.4. The van der Waals surface area contributed by atoms with Crippen molar-refractivity contribution >= 4 is 16.3 Å². The molecule has 6 nitrogen and oxygen atoms in total. The first-order valence-electron chi connectivity index (χ1n) is 9.18. The van der Waals surface area contributed by atoms with Gasteiger partial charge in [0.25, 0.3) is 0 Å². The zero-order valence-electron chi connectivity index (χ0n) is 15.6. The number of rotatable bonds is 4. The highest BCUT2D eigenvalue weighted by atomic mass is 32.1. The van der Waals surface area contributed by atoms with E-state index >= 15 is 0 Å². The Morgan fingerprint density at radius 3 is 2.70 bits per heavy atom. The fourth-order valence-corrected chi connectivity index (χ4v) is 4.89. The molecule has 0 spiro atoms. The van der Waals surface area contributed by atoms with Crippen LogP contribution in [0.1, 0.15) is 43.1 Å². The van der Waals surface area contributed by atoms with Gasteiger partial charge < -0.3 is 9.84 Å². The lowest BCUT2D eigenvalue weighted by Crippen LogP contribution is -2.47. The standard InChI is InChI=1S/C19H23FN4O2S/c1-4-15-21-19-24(22-15)18(25)17(27-19)16(13-6-5-7-14(20)8-13)23-9-11(2)26-12(3)10-23/h5-8,11-12,16,25H,4,9-10H2,1-3H3/t11-,12-,16-/m1/s1. The van der Waals surface area contributed by atoms with Crippen molar-refractivity contribution in [2.75, 3.05) is 13.1 Å². The Labute approximate surface area is 161 Å².